The number of hydrogen-bond donors (Lipinski definition) is 6. The Morgan fingerprint density at radius 1 is 0.524 bits per heavy atom. The molecule has 452 valence electrons. The fourth-order valence-electron chi connectivity index (χ4n) is 20.8. The Kier molecular flexibility index (Phi) is 14.2. The van der Waals surface area contributed by atoms with Crippen molar-refractivity contribution >= 4 is 30.8 Å². The van der Waals surface area contributed by atoms with Crippen LogP contribution in [0, 0.1) is 17.8 Å². The first-order valence-electron chi connectivity index (χ1n) is 30.9. The third kappa shape index (κ3) is 7.58. The van der Waals surface area contributed by atoms with E-state index in [2.05, 4.69) is 18.1 Å². The number of quaternary nitrogens is 2. The fourth-order valence-corrected chi connectivity index (χ4v) is 20.8. The molecule has 6 N–H and O–H groups in total. The molecule has 6 aliphatic heterocycles. The number of phenolic OH excluding ortho intramolecular Hbond substituents is 3. The minimum absolute atomic E-state index is 0. The van der Waals surface area contributed by atoms with E-state index in [1.54, 1.807) is 18.2 Å². The van der Waals surface area contributed by atoms with E-state index < -0.39 is 51.4 Å². The van der Waals surface area contributed by atoms with Crippen molar-refractivity contribution in [3.05, 3.63) is 95.1 Å². The number of ketones is 3. The number of aliphatic hydroxyl groups is 3. The van der Waals surface area contributed by atoms with Gasteiger partial charge in [-0.1, -0.05) is 31.4 Å². The first-order valence-corrected chi connectivity index (χ1v) is 30.9. The van der Waals surface area contributed by atoms with Gasteiger partial charge in [-0.25, -0.2) is 0 Å². The van der Waals surface area contributed by atoms with Gasteiger partial charge in [0.25, 0.3) is 0 Å². The zero-order valence-corrected chi connectivity index (χ0v) is 53.2. The van der Waals surface area contributed by atoms with Crippen LogP contribution in [0.5, 0.6) is 34.5 Å². The largest absolute Gasteiger partial charge is 1.00 e. The molecule has 15 nitrogen and oxygen atoms in total. The summed E-state index contributed by atoms with van der Waals surface area (Å²) in [6.07, 6.45) is 16.8. The van der Waals surface area contributed by atoms with Gasteiger partial charge in [-0.15, -0.1) is 0 Å². The number of carbonyl (C=O) groups excluding carboxylic acids is 3. The molecule has 6 saturated carbocycles. The van der Waals surface area contributed by atoms with Crippen molar-refractivity contribution in [2.45, 2.75) is 185 Å². The average molecular weight is 1390 g/mol. The van der Waals surface area contributed by atoms with E-state index >= 15 is 0 Å². The highest BCUT2D eigenvalue weighted by atomic mass is 127. The quantitative estimate of drug-likeness (QED) is 0.0908. The lowest BCUT2D eigenvalue weighted by atomic mass is 9.48. The van der Waals surface area contributed by atoms with Gasteiger partial charge in [0.15, 0.2) is 70.2 Å². The molecule has 0 amide bonds. The number of likely N-dealkylation sites (tertiary alicyclic amines) is 3. The van der Waals surface area contributed by atoms with Crippen molar-refractivity contribution in [2.75, 3.05) is 52.4 Å². The van der Waals surface area contributed by atoms with Crippen LogP contribution in [0.25, 0.3) is 0 Å². The van der Waals surface area contributed by atoms with Gasteiger partial charge in [0.05, 0.1) is 61.1 Å². The van der Waals surface area contributed by atoms with Gasteiger partial charge in [-0.05, 0) is 130 Å². The van der Waals surface area contributed by atoms with Gasteiger partial charge in [0, 0.05) is 86.1 Å². The molecule has 6 heterocycles. The van der Waals surface area contributed by atoms with Gasteiger partial charge in [0.2, 0.25) is 0 Å². The number of rotatable bonds is 10. The summed E-state index contributed by atoms with van der Waals surface area (Å²) in [5, 5.41) is 67.9. The molecule has 9 aliphatic carbocycles. The topological polar surface area (TPSA) is 204 Å². The Morgan fingerprint density at radius 2 is 0.893 bits per heavy atom. The summed E-state index contributed by atoms with van der Waals surface area (Å²) in [5.41, 5.74) is 1.21. The lowest BCUT2D eigenvalue weighted by molar-refractivity contribution is -0.962. The number of piperidine rings is 3. The fraction of sp³-hybridized carbons (Fsp3) is 0.621. The Bertz CT molecular complexity index is 3170. The van der Waals surface area contributed by atoms with Gasteiger partial charge in [-0.3, -0.25) is 19.3 Å². The average Bonchev–Trinajstić information content (AvgIpc) is 0.945. The molecule has 18 rings (SSSR count). The highest BCUT2D eigenvalue weighted by molar-refractivity contribution is 7.59. The first-order chi connectivity index (χ1) is 38.9. The number of Topliss-reactive ketones (excluding diaryl/α,β-unsaturated/α-hetero) is 3. The summed E-state index contributed by atoms with van der Waals surface area (Å²) >= 11 is 0. The number of carbonyl (C=O) groups is 3. The molecule has 14 atom stereocenters. The molecule has 3 saturated heterocycles. The van der Waals surface area contributed by atoms with E-state index in [-0.39, 0.29) is 114 Å². The predicted octanol–water partition coefficient (Wildman–Crippen LogP) is 0.0986. The normalized spacial score (nSPS) is 40.8. The number of nitrogens with zero attached hydrogens (tertiary/aromatic N) is 3. The molecular formula is C66H81I2N3O12S. The minimum atomic E-state index is -0.978. The van der Waals surface area contributed by atoms with Crippen molar-refractivity contribution < 1.29 is 116 Å². The smallest absolute Gasteiger partial charge is 0.174 e. The van der Waals surface area contributed by atoms with Crippen LogP contribution in [0.3, 0.4) is 0 Å². The second-order valence-electron chi connectivity index (χ2n) is 28.4. The standard InChI is InChI=1S/2C23H27NO4.C20H23NO4.2HI.H2S/c2*1-2-10-24(13-14-3-4-14)11-9-22-19-15-5-6-16(25)20(19)28-21(22)17(26)7-8-23(22,27)18(24)12-15;22-13-4-3-12-9-15-20(24)6-5-14(23)18-19(20,16(12)17(13)25-18)7-8-21(15)10-11-1-2-11;;;/h2*2,5-6,14,18,21,27H,1,3-4,7-13H2;3-4,11,15,18,22,24H,1-2,5-10H2;2*1H;1H2/t2*18-,21+,22+,23-,24?;15-,18+,19+,20-;;;/m111.../s1. The highest BCUT2D eigenvalue weighted by Crippen LogP contribution is 2.69. The number of aromatic hydroxyl groups is 3. The molecule has 84 heavy (non-hydrogen) atoms. The van der Waals surface area contributed by atoms with E-state index in [1.165, 1.54) is 38.5 Å². The summed E-state index contributed by atoms with van der Waals surface area (Å²) in [6, 6.07) is 11.1. The van der Waals surface area contributed by atoms with Crippen LogP contribution in [0.2, 0.25) is 0 Å². The lowest BCUT2D eigenvalue weighted by Crippen LogP contribution is -3.00. The number of phenols is 3. The molecule has 0 aromatic heterocycles. The van der Waals surface area contributed by atoms with Crippen molar-refractivity contribution in [1.82, 2.24) is 4.90 Å². The van der Waals surface area contributed by atoms with Crippen molar-refractivity contribution in [3.8, 4) is 34.5 Å². The predicted molar refractivity (Wildman–Crippen MR) is 307 cm³/mol. The zero-order chi connectivity index (χ0) is 55.6. The monoisotopic (exact) mass is 1390 g/mol. The Morgan fingerprint density at radius 3 is 1.27 bits per heavy atom. The molecular weight excluding hydrogens is 1310 g/mol. The van der Waals surface area contributed by atoms with Crippen LogP contribution in [-0.4, -0.2) is 167 Å². The number of hydrogen-bond acceptors (Lipinski definition) is 13. The summed E-state index contributed by atoms with van der Waals surface area (Å²) in [4.78, 5) is 41.0. The van der Waals surface area contributed by atoms with Crippen LogP contribution < -0.4 is 62.2 Å². The summed E-state index contributed by atoms with van der Waals surface area (Å²) < 4.78 is 20.0. The molecule has 3 spiro atoms. The Balaban J connectivity index is 0.000000116. The van der Waals surface area contributed by atoms with Crippen LogP contribution in [0.15, 0.2) is 61.7 Å². The lowest BCUT2D eigenvalue weighted by Gasteiger charge is -2.65. The van der Waals surface area contributed by atoms with Crippen LogP contribution in [0.4, 0.5) is 0 Å². The van der Waals surface area contributed by atoms with Crippen molar-refractivity contribution in [1.29, 1.82) is 0 Å². The molecule has 18 heteroatoms. The molecule has 2 unspecified atom stereocenters. The second kappa shape index (κ2) is 20.0. The van der Waals surface area contributed by atoms with Crippen LogP contribution in [0.1, 0.15) is 130 Å². The van der Waals surface area contributed by atoms with E-state index in [0.717, 1.165) is 151 Å². The van der Waals surface area contributed by atoms with Crippen LogP contribution in [-0.2, 0) is 49.9 Å². The van der Waals surface area contributed by atoms with Gasteiger partial charge < -0.3 is 102 Å². The van der Waals surface area contributed by atoms with Crippen molar-refractivity contribution in [3.63, 3.8) is 0 Å². The Hall–Kier alpha value is -3.48. The van der Waals surface area contributed by atoms with Gasteiger partial charge >= 0.3 is 0 Å². The number of halogens is 2. The van der Waals surface area contributed by atoms with Crippen LogP contribution >= 0.6 is 13.5 Å². The third-order valence-electron chi connectivity index (χ3n) is 24.7. The minimum Gasteiger partial charge on any atom is -1.00 e. The van der Waals surface area contributed by atoms with E-state index in [9.17, 15) is 45.0 Å². The van der Waals surface area contributed by atoms with E-state index in [1.807, 2.05) is 30.4 Å². The van der Waals surface area contributed by atoms with E-state index in [0.29, 0.717) is 55.8 Å². The maximum absolute atomic E-state index is 12.9. The first kappa shape index (κ1) is 59.5. The summed E-state index contributed by atoms with van der Waals surface area (Å²) in [5.74, 6) is 4.08. The zero-order valence-electron chi connectivity index (χ0n) is 47.8. The molecule has 15 aliphatic rings. The van der Waals surface area contributed by atoms with E-state index in [4.69, 9.17) is 14.2 Å². The molecule has 6 bridgehead atoms. The SMILES string of the molecule is C=CC[N+]1(CC2CC2)CC[C@]23c4c5ccc(O)c4O[C@H]2C(=O)CC[C@@]3(O)[C@H]1C5.C=CC[N+]1(CC2CC2)CC[C@]23c4c5ccc(O)c4O[C@H]2C(=O)CC[C@@]3(O)[C@H]1C5.O=C1CC[C@@]2(O)[C@H]3Cc4ccc(O)c5c4[C@@]2(CCN3CC2CC2)[C@H]1O5.S.[I-].[I-]. The third-order valence-corrected chi connectivity index (χ3v) is 24.7. The molecule has 3 aromatic rings. The Labute approximate surface area is 532 Å². The van der Waals surface area contributed by atoms with Crippen molar-refractivity contribution in [2.24, 2.45) is 17.8 Å². The highest BCUT2D eigenvalue weighted by Gasteiger charge is 2.79. The molecule has 9 fully saturated rings. The summed E-state index contributed by atoms with van der Waals surface area (Å²) in [7, 11) is 0. The molecule has 0 radical (unpaired) electrons. The molecule has 3 aromatic carbocycles. The maximum atomic E-state index is 12.9. The van der Waals surface area contributed by atoms with Gasteiger partial charge in [0.1, 0.15) is 23.3 Å². The van der Waals surface area contributed by atoms with Gasteiger partial charge in [-0.2, -0.15) is 13.5 Å². The number of ether oxygens (including phenoxy) is 3. The summed E-state index contributed by atoms with van der Waals surface area (Å²) in [6.45, 7) is 15.8. The maximum Gasteiger partial charge on any atom is 0.174 e. The second-order valence-corrected chi connectivity index (χ2v) is 28.4. The number of benzene rings is 3.